The van der Waals surface area contributed by atoms with Crippen molar-refractivity contribution in [3.8, 4) is 0 Å². The second-order valence-electron chi connectivity index (χ2n) is 7.57. The van der Waals surface area contributed by atoms with Crippen molar-refractivity contribution in [1.29, 1.82) is 0 Å². The number of benzene rings is 1. The van der Waals surface area contributed by atoms with E-state index in [1.54, 1.807) is 0 Å². The fourth-order valence-corrected chi connectivity index (χ4v) is 4.21. The van der Waals surface area contributed by atoms with Crippen LogP contribution < -0.4 is 21.4 Å². The van der Waals surface area contributed by atoms with Crippen LogP contribution in [0, 0.1) is 0 Å². The Morgan fingerprint density at radius 1 is 0.600 bits per heavy atom. The topological polar surface area (TPSA) is 63.2 Å². The fourth-order valence-electron chi connectivity index (χ4n) is 4.21. The molecule has 30 heavy (non-hydrogen) atoms. The first kappa shape index (κ1) is 16.7. The number of allylic oxidation sites excluding steroid dienone is 1. The van der Waals surface area contributed by atoms with Gasteiger partial charge >= 0.3 is 0 Å². The molecule has 5 aromatic rings. The largest absolute Gasteiger partial charge is 0.355 e. The van der Waals surface area contributed by atoms with Gasteiger partial charge in [-0.15, -0.1) is 0 Å². The smallest absolute Gasteiger partial charge is 0.0485 e. The summed E-state index contributed by atoms with van der Waals surface area (Å²) in [6.07, 6.45) is 8.31. The Hall–Kier alpha value is -4.18. The van der Waals surface area contributed by atoms with Crippen LogP contribution in [-0.4, -0.2) is 19.9 Å². The molecule has 1 aliphatic rings. The molecule has 0 fully saturated rings. The first-order valence-corrected chi connectivity index (χ1v) is 9.99. The maximum absolute atomic E-state index is 4.03. The van der Waals surface area contributed by atoms with E-state index in [1.165, 1.54) is 10.8 Å². The van der Waals surface area contributed by atoms with Crippen LogP contribution in [0.4, 0.5) is 0 Å². The van der Waals surface area contributed by atoms with Crippen LogP contribution in [0.2, 0.25) is 0 Å². The number of rotatable bonds is 1. The summed E-state index contributed by atoms with van der Waals surface area (Å²) in [6, 6.07) is 21.0. The van der Waals surface area contributed by atoms with Gasteiger partial charge in [-0.2, -0.15) is 0 Å². The predicted octanol–water partition coefficient (Wildman–Crippen LogP) is 2.34. The van der Waals surface area contributed by atoms with E-state index in [-0.39, 0.29) is 0 Å². The molecule has 4 nitrogen and oxygen atoms in total. The molecule has 0 radical (unpaired) electrons. The molecule has 4 heteroatoms. The third-order valence-corrected chi connectivity index (χ3v) is 5.62. The number of aromatic amines is 4. The Morgan fingerprint density at radius 2 is 1.27 bits per heavy atom. The van der Waals surface area contributed by atoms with Crippen LogP contribution in [0.25, 0.3) is 34.6 Å². The predicted molar refractivity (Wildman–Crippen MR) is 123 cm³/mol. The second kappa shape index (κ2) is 6.42. The number of hydrogen-bond acceptors (Lipinski definition) is 0. The highest BCUT2D eigenvalue weighted by atomic mass is 14.8. The molecular weight excluding hydrogens is 368 g/mol. The van der Waals surface area contributed by atoms with Crippen molar-refractivity contribution in [2.45, 2.75) is 0 Å². The standard InChI is InChI=1S/C26H20N4/c1-2-20-23-11-9-17(28-23)13-16-7-8-18(27-16)14-25-21-5-3-4-6-22(21)26(30-25)15-19-10-12-24(20)29-19/h2-15,27-30H,1H2. The molecular formula is C26H20N4. The number of aromatic nitrogens is 4. The Kier molecular flexibility index (Phi) is 3.59. The van der Waals surface area contributed by atoms with E-state index >= 15 is 0 Å². The van der Waals surface area contributed by atoms with E-state index < -0.39 is 0 Å². The van der Waals surface area contributed by atoms with Gasteiger partial charge in [0, 0.05) is 60.5 Å². The molecule has 1 aliphatic heterocycles. The van der Waals surface area contributed by atoms with Crippen molar-refractivity contribution in [1.82, 2.24) is 19.9 Å². The molecule has 0 atom stereocenters. The van der Waals surface area contributed by atoms with E-state index in [9.17, 15) is 0 Å². The van der Waals surface area contributed by atoms with E-state index in [4.69, 9.17) is 0 Å². The molecule has 4 N–H and O–H groups in total. The summed E-state index contributed by atoms with van der Waals surface area (Å²) in [5.41, 5.74) is 5.28. The lowest BCUT2D eigenvalue weighted by Crippen LogP contribution is -2.13. The number of hydrogen-bond donors (Lipinski definition) is 4. The number of fused-ring (bicyclic) bond motifs is 11. The van der Waals surface area contributed by atoms with Crippen LogP contribution in [0.5, 0.6) is 0 Å². The normalized spacial score (nSPS) is 12.9. The quantitative estimate of drug-likeness (QED) is 0.341. The molecule has 0 amide bonds. The minimum atomic E-state index is 1.03. The van der Waals surface area contributed by atoms with Gasteiger partial charge in [0.05, 0.1) is 0 Å². The Morgan fingerprint density at radius 3 is 2.00 bits per heavy atom. The third kappa shape index (κ3) is 2.70. The molecule has 144 valence electrons. The Bertz CT molecular complexity index is 1660. The fraction of sp³-hybridized carbons (Fsp3) is 0. The second-order valence-corrected chi connectivity index (χ2v) is 7.57. The van der Waals surface area contributed by atoms with E-state index in [1.807, 2.05) is 6.08 Å². The van der Waals surface area contributed by atoms with Gasteiger partial charge in [-0.1, -0.05) is 36.9 Å². The van der Waals surface area contributed by atoms with Crippen molar-refractivity contribution in [2.75, 3.05) is 0 Å². The van der Waals surface area contributed by atoms with Gasteiger partial charge in [0.15, 0.2) is 0 Å². The lowest BCUT2D eigenvalue weighted by atomic mass is 10.1. The minimum Gasteiger partial charge on any atom is -0.355 e. The lowest BCUT2D eigenvalue weighted by Gasteiger charge is -1.97. The average molecular weight is 388 g/mol. The highest BCUT2D eigenvalue weighted by Crippen LogP contribution is 2.23. The van der Waals surface area contributed by atoms with Crippen LogP contribution >= 0.6 is 0 Å². The molecule has 0 saturated heterocycles. The summed E-state index contributed by atoms with van der Waals surface area (Å²) in [4.78, 5) is 14.1. The van der Waals surface area contributed by atoms with Crippen molar-refractivity contribution in [2.24, 2.45) is 0 Å². The van der Waals surface area contributed by atoms with Gasteiger partial charge in [0.25, 0.3) is 0 Å². The number of H-pyrrole nitrogens is 4. The third-order valence-electron chi connectivity index (χ3n) is 5.62. The zero-order chi connectivity index (χ0) is 20.1. The molecule has 5 heterocycles. The molecule has 8 bridgehead atoms. The first-order valence-electron chi connectivity index (χ1n) is 9.99. The molecule has 0 unspecified atom stereocenters. The molecule has 1 aromatic carbocycles. The van der Waals surface area contributed by atoms with Gasteiger partial charge in [0.1, 0.15) is 0 Å². The van der Waals surface area contributed by atoms with E-state index in [2.05, 4.69) is 105 Å². The van der Waals surface area contributed by atoms with Crippen molar-refractivity contribution >= 4 is 34.6 Å². The SMILES string of the molecule is C=CC1=c2ccc([nH]2)=Cc2[nH]c(c3ccccc23)C=c2ccc([nH]2)=Cc2ccc1[nH]2. The monoisotopic (exact) mass is 388 g/mol. The van der Waals surface area contributed by atoms with Gasteiger partial charge in [-0.05, 0) is 54.6 Å². The average Bonchev–Trinajstić information content (AvgIpc) is 3.54. The van der Waals surface area contributed by atoms with Crippen LogP contribution in [0.1, 0.15) is 22.8 Å². The van der Waals surface area contributed by atoms with Crippen molar-refractivity contribution < 1.29 is 0 Å². The van der Waals surface area contributed by atoms with Crippen LogP contribution in [0.15, 0.2) is 73.3 Å². The molecule has 0 saturated carbocycles. The van der Waals surface area contributed by atoms with Gasteiger partial charge in [-0.3, -0.25) is 0 Å². The van der Waals surface area contributed by atoms with E-state index in [0.29, 0.717) is 0 Å². The molecule has 0 aliphatic carbocycles. The Labute approximate surface area is 172 Å². The van der Waals surface area contributed by atoms with E-state index in [0.717, 1.165) is 49.7 Å². The highest BCUT2D eigenvalue weighted by molar-refractivity contribution is 5.95. The van der Waals surface area contributed by atoms with Gasteiger partial charge in [0.2, 0.25) is 0 Å². The lowest BCUT2D eigenvalue weighted by molar-refractivity contribution is 1.22. The van der Waals surface area contributed by atoms with Crippen LogP contribution in [0.3, 0.4) is 0 Å². The maximum atomic E-state index is 4.03. The molecule has 0 spiro atoms. The Balaban J connectivity index is 1.74. The zero-order valence-electron chi connectivity index (χ0n) is 16.3. The summed E-state index contributed by atoms with van der Waals surface area (Å²) in [5.74, 6) is 0. The zero-order valence-corrected chi connectivity index (χ0v) is 16.3. The van der Waals surface area contributed by atoms with Gasteiger partial charge < -0.3 is 19.9 Å². The summed E-state index contributed by atoms with van der Waals surface area (Å²) >= 11 is 0. The summed E-state index contributed by atoms with van der Waals surface area (Å²) < 4.78 is 0. The summed E-state index contributed by atoms with van der Waals surface area (Å²) in [5, 5.41) is 6.57. The van der Waals surface area contributed by atoms with Crippen molar-refractivity contribution in [3.05, 3.63) is 117 Å². The molecule has 4 aromatic heterocycles. The van der Waals surface area contributed by atoms with Gasteiger partial charge in [-0.25, -0.2) is 0 Å². The first-order chi connectivity index (χ1) is 14.8. The van der Waals surface area contributed by atoms with Crippen molar-refractivity contribution in [3.63, 3.8) is 0 Å². The maximum Gasteiger partial charge on any atom is 0.0485 e. The highest BCUT2D eigenvalue weighted by Gasteiger charge is 2.07. The summed E-state index contributed by atoms with van der Waals surface area (Å²) in [6.45, 7) is 4.03. The number of nitrogens with one attached hydrogen (secondary N) is 4. The summed E-state index contributed by atoms with van der Waals surface area (Å²) in [7, 11) is 0. The molecule has 6 rings (SSSR count). The minimum absolute atomic E-state index is 1.03. The van der Waals surface area contributed by atoms with Crippen LogP contribution in [-0.2, 0) is 0 Å².